The van der Waals surface area contributed by atoms with Gasteiger partial charge >= 0.3 is 0 Å². The highest BCUT2D eigenvalue weighted by molar-refractivity contribution is 9.10. The second-order valence-electron chi connectivity index (χ2n) is 5.24. The van der Waals surface area contributed by atoms with Gasteiger partial charge in [-0.3, -0.25) is 0 Å². The van der Waals surface area contributed by atoms with E-state index in [0.29, 0.717) is 0 Å². The van der Waals surface area contributed by atoms with Gasteiger partial charge in [0.2, 0.25) is 0 Å². The van der Waals surface area contributed by atoms with Crippen molar-refractivity contribution >= 4 is 21.6 Å². The van der Waals surface area contributed by atoms with E-state index in [0.717, 1.165) is 28.4 Å². The van der Waals surface area contributed by atoms with E-state index in [9.17, 15) is 5.11 Å². The van der Waals surface area contributed by atoms with Crippen LogP contribution < -0.4 is 4.90 Å². The van der Waals surface area contributed by atoms with Crippen molar-refractivity contribution in [1.29, 1.82) is 0 Å². The summed E-state index contributed by atoms with van der Waals surface area (Å²) in [5.41, 5.74) is 2.15. The van der Waals surface area contributed by atoms with Gasteiger partial charge < -0.3 is 10.0 Å². The number of rotatable bonds is 4. The molecule has 0 spiro atoms. The van der Waals surface area contributed by atoms with Gasteiger partial charge in [0.25, 0.3) is 0 Å². The molecule has 3 heteroatoms. The molecule has 1 aliphatic rings. The first kappa shape index (κ1) is 12.9. The number of aliphatic hydroxyl groups is 1. The van der Waals surface area contributed by atoms with Crippen molar-refractivity contribution in [2.75, 3.05) is 18.5 Å². The van der Waals surface area contributed by atoms with Gasteiger partial charge in [0, 0.05) is 23.8 Å². The fourth-order valence-electron chi connectivity index (χ4n) is 2.20. The lowest BCUT2D eigenvalue weighted by atomic mass is 10.1. The predicted octanol–water partition coefficient (Wildman–Crippen LogP) is 3.59. The van der Waals surface area contributed by atoms with Crippen molar-refractivity contribution in [3.63, 3.8) is 0 Å². The van der Waals surface area contributed by atoms with E-state index in [1.807, 2.05) is 6.07 Å². The van der Waals surface area contributed by atoms with Gasteiger partial charge in [-0.05, 0) is 42.9 Å². The van der Waals surface area contributed by atoms with Crippen LogP contribution >= 0.6 is 15.9 Å². The van der Waals surface area contributed by atoms with Crippen LogP contribution in [0.4, 0.5) is 5.69 Å². The lowest BCUT2D eigenvalue weighted by Crippen LogP contribution is -2.20. The van der Waals surface area contributed by atoms with Gasteiger partial charge in [-0.1, -0.05) is 28.9 Å². The van der Waals surface area contributed by atoms with E-state index < -0.39 is 6.10 Å². The molecule has 0 aromatic heterocycles. The Morgan fingerprint density at radius 1 is 1.53 bits per heavy atom. The third-order valence-corrected chi connectivity index (χ3v) is 4.35. The standard InChI is InChI=1S/C14H20BrNO/c1-9-6-11(9)8-16(3)12-4-5-13(10(2)17)14(15)7-12/h4-5,7,9-11,17H,6,8H2,1-3H3. The minimum atomic E-state index is -0.424. The van der Waals surface area contributed by atoms with Gasteiger partial charge in [-0.15, -0.1) is 0 Å². The molecule has 3 unspecified atom stereocenters. The smallest absolute Gasteiger partial charge is 0.0772 e. The maximum Gasteiger partial charge on any atom is 0.0772 e. The SMILES string of the molecule is CC(O)c1ccc(N(C)CC2CC2C)cc1Br. The second-order valence-corrected chi connectivity index (χ2v) is 6.09. The Labute approximate surface area is 112 Å². The summed E-state index contributed by atoms with van der Waals surface area (Å²) in [5.74, 6) is 1.74. The number of nitrogens with zero attached hydrogens (tertiary/aromatic N) is 1. The number of benzene rings is 1. The zero-order valence-electron chi connectivity index (χ0n) is 10.7. The lowest BCUT2D eigenvalue weighted by Gasteiger charge is -2.20. The predicted molar refractivity (Wildman–Crippen MR) is 75.3 cm³/mol. The topological polar surface area (TPSA) is 23.5 Å². The summed E-state index contributed by atoms with van der Waals surface area (Å²) in [7, 11) is 2.13. The molecule has 94 valence electrons. The minimum absolute atomic E-state index is 0.424. The number of hydrogen-bond acceptors (Lipinski definition) is 2. The molecule has 0 saturated heterocycles. The van der Waals surface area contributed by atoms with E-state index >= 15 is 0 Å². The van der Waals surface area contributed by atoms with E-state index in [1.165, 1.54) is 12.1 Å². The Hall–Kier alpha value is -0.540. The van der Waals surface area contributed by atoms with E-state index in [1.54, 1.807) is 6.92 Å². The zero-order valence-corrected chi connectivity index (χ0v) is 12.2. The molecule has 0 amide bonds. The molecule has 1 aromatic rings. The Kier molecular flexibility index (Phi) is 3.79. The molecule has 3 atom stereocenters. The van der Waals surface area contributed by atoms with Gasteiger partial charge in [0.1, 0.15) is 0 Å². The highest BCUT2D eigenvalue weighted by Crippen LogP contribution is 2.39. The van der Waals surface area contributed by atoms with Crippen molar-refractivity contribution in [3.05, 3.63) is 28.2 Å². The van der Waals surface area contributed by atoms with Crippen LogP contribution in [0.15, 0.2) is 22.7 Å². The molecule has 1 fully saturated rings. The molecule has 1 saturated carbocycles. The Bertz CT molecular complexity index is 405. The molecule has 0 radical (unpaired) electrons. The molecule has 0 heterocycles. The molecular weight excluding hydrogens is 278 g/mol. The van der Waals surface area contributed by atoms with E-state index in [-0.39, 0.29) is 0 Å². The van der Waals surface area contributed by atoms with E-state index in [4.69, 9.17) is 0 Å². The monoisotopic (exact) mass is 297 g/mol. The number of anilines is 1. The van der Waals surface area contributed by atoms with Gasteiger partial charge in [-0.25, -0.2) is 0 Å². The minimum Gasteiger partial charge on any atom is -0.389 e. The highest BCUT2D eigenvalue weighted by atomic mass is 79.9. The van der Waals surface area contributed by atoms with Crippen LogP contribution in [0.2, 0.25) is 0 Å². The van der Waals surface area contributed by atoms with Crippen LogP contribution in [0.3, 0.4) is 0 Å². The molecule has 17 heavy (non-hydrogen) atoms. The van der Waals surface area contributed by atoms with Crippen molar-refractivity contribution in [2.45, 2.75) is 26.4 Å². The van der Waals surface area contributed by atoms with Crippen LogP contribution in [0, 0.1) is 11.8 Å². The summed E-state index contributed by atoms with van der Waals surface area (Å²) in [6.45, 7) is 5.22. The van der Waals surface area contributed by atoms with Gasteiger partial charge in [0.15, 0.2) is 0 Å². The average molecular weight is 298 g/mol. The molecule has 1 aliphatic carbocycles. The molecule has 1 aromatic carbocycles. The quantitative estimate of drug-likeness (QED) is 0.918. The third kappa shape index (κ3) is 3.02. The van der Waals surface area contributed by atoms with Crippen LogP contribution in [0.5, 0.6) is 0 Å². The molecular formula is C14H20BrNO. The Morgan fingerprint density at radius 3 is 2.65 bits per heavy atom. The fraction of sp³-hybridized carbons (Fsp3) is 0.571. The fourth-order valence-corrected chi connectivity index (χ4v) is 2.90. The van der Waals surface area contributed by atoms with Crippen molar-refractivity contribution in [1.82, 2.24) is 0 Å². The third-order valence-electron chi connectivity index (χ3n) is 3.66. The Morgan fingerprint density at radius 2 is 2.18 bits per heavy atom. The Balaban J connectivity index is 2.08. The van der Waals surface area contributed by atoms with Crippen LogP contribution in [0.1, 0.15) is 31.9 Å². The summed E-state index contributed by atoms with van der Waals surface area (Å²) in [4.78, 5) is 2.30. The summed E-state index contributed by atoms with van der Waals surface area (Å²) < 4.78 is 0.987. The van der Waals surface area contributed by atoms with E-state index in [2.05, 4.69) is 46.9 Å². The van der Waals surface area contributed by atoms with Crippen molar-refractivity contribution in [3.8, 4) is 0 Å². The molecule has 0 bridgehead atoms. The molecule has 2 rings (SSSR count). The van der Waals surface area contributed by atoms with Gasteiger partial charge in [0.05, 0.1) is 6.10 Å². The average Bonchev–Trinajstić information content (AvgIpc) is 2.93. The molecule has 0 aliphatic heterocycles. The summed E-state index contributed by atoms with van der Waals surface area (Å²) >= 11 is 3.52. The number of halogens is 1. The lowest BCUT2D eigenvalue weighted by molar-refractivity contribution is 0.198. The molecule has 2 nitrogen and oxygen atoms in total. The summed E-state index contributed by atoms with van der Waals surface area (Å²) in [6, 6.07) is 6.17. The maximum atomic E-state index is 9.58. The van der Waals surface area contributed by atoms with Crippen LogP contribution in [-0.2, 0) is 0 Å². The largest absolute Gasteiger partial charge is 0.389 e. The van der Waals surface area contributed by atoms with Crippen molar-refractivity contribution < 1.29 is 5.11 Å². The van der Waals surface area contributed by atoms with Crippen LogP contribution in [-0.4, -0.2) is 18.7 Å². The summed E-state index contributed by atoms with van der Waals surface area (Å²) in [6.07, 6.45) is 0.934. The van der Waals surface area contributed by atoms with Crippen molar-refractivity contribution in [2.24, 2.45) is 11.8 Å². The molecule has 1 N–H and O–H groups in total. The highest BCUT2D eigenvalue weighted by Gasteiger charge is 2.33. The number of hydrogen-bond donors (Lipinski definition) is 1. The maximum absolute atomic E-state index is 9.58. The zero-order chi connectivity index (χ0) is 12.6. The summed E-state index contributed by atoms with van der Waals surface area (Å²) in [5, 5.41) is 9.58. The first-order valence-electron chi connectivity index (χ1n) is 6.17. The first-order valence-corrected chi connectivity index (χ1v) is 6.97. The number of aliphatic hydroxyl groups excluding tert-OH is 1. The second kappa shape index (κ2) is 4.99. The van der Waals surface area contributed by atoms with Crippen LogP contribution in [0.25, 0.3) is 0 Å². The normalized spacial score (nSPS) is 24.5. The first-order chi connectivity index (χ1) is 7.99. The van der Waals surface area contributed by atoms with Gasteiger partial charge in [-0.2, -0.15) is 0 Å².